The first-order chi connectivity index (χ1) is 25.0. The van der Waals surface area contributed by atoms with E-state index in [-0.39, 0.29) is 17.5 Å². The Morgan fingerprint density at radius 2 is 1.81 bits per heavy atom. The summed E-state index contributed by atoms with van der Waals surface area (Å²) in [5.41, 5.74) is 7.77. The van der Waals surface area contributed by atoms with E-state index in [1.165, 1.54) is 12.0 Å². The van der Waals surface area contributed by atoms with Gasteiger partial charge >= 0.3 is 0 Å². The lowest BCUT2D eigenvalue weighted by atomic mass is 9.81. The third-order valence-corrected chi connectivity index (χ3v) is 13.6. The van der Waals surface area contributed by atoms with E-state index >= 15 is 0 Å². The average molecular weight is 725 g/mol. The minimum atomic E-state index is -3.83. The Labute approximate surface area is 305 Å². The highest BCUT2D eigenvalue weighted by Gasteiger charge is 2.45. The lowest BCUT2D eigenvalue weighted by Gasteiger charge is -2.33. The van der Waals surface area contributed by atoms with Crippen LogP contribution in [0.3, 0.4) is 0 Å². The molecule has 5 heterocycles. The van der Waals surface area contributed by atoms with Crippen molar-refractivity contribution in [2.24, 2.45) is 7.05 Å². The van der Waals surface area contributed by atoms with E-state index < -0.39 is 21.2 Å². The van der Waals surface area contributed by atoms with Gasteiger partial charge in [0.05, 0.1) is 42.1 Å². The number of hydrogen-bond donors (Lipinski definition) is 1. The Morgan fingerprint density at radius 3 is 2.50 bits per heavy atom. The summed E-state index contributed by atoms with van der Waals surface area (Å²) in [6.45, 7) is 8.31. The number of piperazine rings is 1. The molecule has 4 aliphatic rings. The molecule has 2 amide bonds. The fourth-order valence-electron chi connectivity index (χ4n) is 9.15. The van der Waals surface area contributed by atoms with Crippen molar-refractivity contribution < 1.29 is 22.7 Å². The van der Waals surface area contributed by atoms with Crippen molar-refractivity contribution in [3.8, 4) is 17.0 Å². The van der Waals surface area contributed by atoms with Crippen LogP contribution in [-0.4, -0.2) is 88.5 Å². The molecule has 8 rings (SSSR count). The second-order valence-electron chi connectivity index (χ2n) is 15.2. The summed E-state index contributed by atoms with van der Waals surface area (Å²) in [7, 11) is -0.272. The Bertz CT molecular complexity index is 2230. The van der Waals surface area contributed by atoms with Crippen molar-refractivity contribution in [1.29, 1.82) is 0 Å². The topological polar surface area (TPSA) is 119 Å². The number of methoxy groups -OCH3 is 1. The number of fused-ring (bicyclic) bond motifs is 7. The first-order valence-corrected chi connectivity index (χ1v) is 20.2. The number of nitrogens with zero attached hydrogens (tertiary/aromatic N) is 5. The summed E-state index contributed by atoms with van der Waals surface area (Å²) in [4.78, 5) is 32.4. The van der Waals surface area contributed by atoms with Crippen molar-refractivity contribution in [3.63, 3.8) is 0 Å². The van der Waals surface area contributed by atoms with Crippen LogP contribution in [0, 0.1) is 0 Å². The highest BCUT2D eigenvalue weighted by Crippen LogP contribution is 2.48. The van der Waals surface area contributed by atoms with E-state index in [4.69, 9.17) is 4.74 Å². The van der Waals surface area contributed by atoms with Crippen molar-refractivity contribution >= 4 is 44.4 Å². The third-order valence-electron chi connectivity index (χ3n) is 11.9. The van der Waals surface area contributed by atoms with E-state index in [9.17, 15) is 18.0 Å². The molecule has 12 heteroatoms. The van der Waals surface area contributed by atoms with E-state index in [2.05, 4.69) is 44.4 Å². The highest BCUT2D eigenvalue weighted by molar-refractivity contribution is 7.90. The molecule has 0 radical (unpaired) electrons. The molecule has 2 aromatic carbocycles. The molecule has 52 heavy (non-hydrogen) atoms. The van der Waals surface area contributed by atoms with Crippen LogP contribution in [-0.2, 0) is 23.6 Å². The Hall–Kier alpha value is -4.42. The zero-order chi connectivity index (χ0) is 36.5. The fraction of sp³-hybridized carbons (Fsp3) is 0.475. The van der Waals surface area contributed by atoms with E-state index in [1.54, 1.807) is 37.9 Å². The van der Waals surface area contributed by atoms with E-state index in [1.807, 2.05) is 30.1 Å². The van der Waals surface area contributed by atoms with Crippen LogP contribution >= 0.6 is 0 Å². The van der Waals surface area contributed by atoms with E-state index in [0.29, 0.717) is 24.1 Å². The molecule has 4 aromatic rings. The molecule has 2 saturated heterocycles. The van der Waals surface area contributed by atoms with Crippen molar-refractivity contribution in [1.82, 2.24) is 28.9 Å². The maximum absolute atomic E-state index is 14.4. The first-order valence-electron chi connectivity index (χ1n) is 18.7. The van der Waals surface area contributed by atoms with Gasteiger partial charge in [0.15, 0.2) is 0 Å². The zero-order valence-corrected chi connectivity index (χ0v) is 31.5. The van der Waals surface area contributed by atoms with Gasteiger partial charge in [0, 0.05) is 54.3 Å². The predicted octanol–water partition coefficient (Wildman–Crippen LogP) is 6.04. The summed E-state index contributed by atoms with van der Waals surface area (Å²) < 4.78 is 37.5. The van der Waals surface area contributed by atoms with Crippen molar-refractivity contribution in [3.05, 3.63) is 70.5 Å². The number of aryl methyl sites for hydroxylation is 1. The fourth-order valence-corrected chi connectivity index (χ4v) is 9.76. The zero-order valence-electron chi connectivity index (χ0n) is 30.7. The third kappa shape index (κ3) is 5.74. The Balaban J connectivity index is 1.30. The second kappa shape index (κ2) is 13.2. The number of nitrogens with one attached hydrogen (secondary N) is 1. The van der Waals surface area contributed by atoms with Gasteiger partial charge in [0.1, 0.15) is 5.75 Å². The lowest BCUT2D eigenvalue weighted by Crippen LogP contribution is -2.48. The molecule has 3 fully saturated rings. The number of rotatable bonds is 8. The van der Waals surface area contributed by atoms with E-state index in [0.717, 1.165) is 96.5 Å². The Kier molecular flexibility index (Phi) is 8.81. The summed E-state index contributed by atoms with van der Waals surface area (Å²) >= 11 is 0. The van der Waals surface area contributed by atoms with Crippen LogP contribution < -0.4 is 9.46 Å². The quantitative estimate of drug-likeness (QED) is 0.236. The molecule has 1 aliphatic carbocycles. The van der Waals surface area contributed by atoms with Crippen LogP contribution in [0.25, 0.3) is 33.8 Å². The van der Waals surface area contributed by atoms with Gasteiger partial charge in [-0.15, -0.1) is 0 Å². The molecular formula is C40H48N6O5S. The van der Waals surface area contributed by atoms with Crippen LogP contribution in [0.1, 0.15) is 103 Å². The molecule has 3 aliphatic heterocycles. The normalized spacial score (nSPS) is 20.6. The minimum Gasteiger partial charge on any atom is -0.497 e. The standard InChI is InChI=1S/C40H48N6O5S/c1-6-44-22-30-19-29(44)23-45(30)40(48)34-20-41-43(4)37(34)28-16-27-17-31(51-5)13-15-32(27)38-36(25-10-8-7-9-11-25)33-14-12-26(18-35(33)46(38)21-28)39(47)42-52(49,50)24(2)3/h12-18,20,24-25,29-30H,6-11,19,21-23H2,1-5H3,(H,42,47)/t29-,30?/m0/s1. The number of allylic oxidation sites excluding steroid dienone is 1. The molecule has 274 valence electrons. The number of benzene rings is 2. The van der Waals surface area contributed by atoms with Crippen LogP contribution in [0.2, 0.25) is 0 Å². The summed E-state index contributed by atoms with van der Waals surface area (Å²) in [5.74, 6) is 0.416. The molecule has 2 aromatic heterocycles. The number of likely N-dealkylation sites (N-methyl/N-ethyl adjacent to an activating group) is 1. The number of hydrogen-bond acceptors (Lipinski definition) is 7. The minimum absolute atomic E-state index is 0.00756. The molecule has 2 bridgehead atoms. The van der Waals surface area contributed by atoms with Gasteiger partial charge in [0.25, 0.3) is 11.8 Å². The number of ether oxygens (including phenoxy) is 1. The van der Waals surface area contributed by atoms with Crippen LogP contribution in [0.5, 0.6) is 5.75 Å². The molecular weight excluding hydrogens is 677 g/mol. The molecule has 1 unspecified atom stereocenters. The van der Waals surface area contributed by atoms with Gasteiger partial charge in [-0.05, 0) is 98.7 Å². The summed E-state index contributed by atoms with van der Waals surface area (Å²) in [6, 6.07) is 12.3. The van der Waals surface area contributed by atoms with Gasteiger partial charge < -0.3 is 14.2 Å². The second-order valence-corrected chi connectivity index (χ2v) is 17.4. The molecule has 1 N–H and O–H groups in total. The highest BCUT2D eigenvalue weighted by atomic mass is 32.2. The van der Waals surface area contributed by atoms with Crippen molar-refractivity contribution in [2.45, 2.75) is 89.1 Å². The van der Waals surface area contributed by atoms with Gasteiger partial charge in [-0.1, -0.05) is 32.3 Å². The largest absolute Gasteiger partial charge is 0.497 e. The molecule has 11 nitrogen and oxygen atoms in total. The monoisotopic (exact) mass is 724 g/mol. The summed E-state index contributed by atoms with van der Waals surface area (Å²) in [6.07, 6.45) is 10.5. The number of likely N-dealkylation sites (tertiary alicyclic amines) is 2. The number of sulfonamides is 1. The SMILES string of the molecule is CCN1CC2C[C@H]1CN2C(=O)c1cnn(C)c1C1=Cc2cc(OC)ccc2-c2c(C3CCCCC3)c3ccc(C(=O)NS(=O)(=O)C(C)C)cc3n2C1. The van der Waals surface area contributed by atoms with Crippen molar-refractivity contribution in [2.75, 3.05) is 26.7 Å². The van der Waals surface area contributed by atoms with Gasteiger partial charge in [0.2, 0.25) is 10.0 Å². The van der Waals surface area contributed by atoms with Gasteiger partial charge in [-0.3, -0.25) is 19.2 Å². The molecule has 0 spiro atoms. The average Bonchev–Trinajstić information content (AvgIpc) is 3.90. The number of carbonyl (C=O) groups excluding carboxylic acids is 2. The smallest absolute Gasteiger partial charge is 0.264 e. The maximum Gasteiger partial charge on any atom is 0.264 e. The number of aromatic nitrogens is 3. The molecule has 2 atom stereocenters. The Morgan fingerprint density at radius 1 is 1.02 bits per heavy atom. The number of amides is 2. The first kappa shape index (κ1) is 34.7. The van der Waals surface area contributed by atoms with Gasteiger partial charge in [-0.2, -0.15) is 5.10 Å². The lowest BCUT2D eigenvalue weighted by molar-refractivity contribution is 0.0630. The number of carbonyl (C=O) groups is 2. The van der Waals surface area contributed by atoms with Crippen LogP contribution in [0.15, 0.2) is 42.6 Å². The predicted molar refractivity (Wildman–Crippen MR) is 203 cm³/mol. The summed E-state index contributed by atoms with van der Waals surface area (Å²) in [5, 5.41) is 4.96. The van der Waals surface area contributed by atoms with Crippen LogP contribution in [0.4, 0.5) is 0 Å². The molecule has 1 saturated carbocycles. The maximum atomic E-state index is 14.4. The van der Waals surface area contributed by atoms with Gasteiger partial charge in [-0.25, -0.2) is 13.1 Å².